The number of amides is 1. The molecule has 1 aliphatic carbocycles. The predicted octanol–water partition coefficient (Wildman–Crippen LogP) is 3.15. The Kier molecular flexibility index (Phi) is 4.24. The van der Waals surface area contributed by atoms with Crippen molar-refractivity contribution in [3.8, 4) is 0 Å². The molecule has 1 N–H and O–H groups in total. The van der Waals surface area contributed by atoms with E-state index in [-0.39, 0.29) is 11.7 Å². The van der Waals surface area contributed by atoms with Gasteiger partial charge in [0.15, 0.2) is 0 Å². The second-order valence-electron chi connectivity index (χ2n) is 6.97. The molecule has 3 unspecified atom stereocenters. The van der Waals surface area contributed by atoms with Crippen LogP contribution in [0.2, 0.25) is 0 Å². The summed E-state index contributed by atoms with van der Waals surface area (Å²) in [6.07, 6.45) is 6.08. The summed E-state index contributed by atoms with van der Waals surface area (Å²) in [4.78, 5) is 15.0. The van der Waals surface area contributed by atoms with Gasteiger partial charge in [-0.05, 0) is 38.0 Å². The van der Waals surface area contributed by atoms with Crippen molar-refractivity contribution in [1.82, 2.24) is 10.2 Å². The van der Waals surface area contributed by atoms with Gasteiger partial charge in [0.25, 0.3) is 0 Å². The molecule has 19 heavy (non-hydrogen) atoms. The van der Waals surface area contributed by atoms with E-state index in [0.717, 1.165) is 18.8 Å². The van der Waals surface area contributed by atoms with Gasteiger partial charge in [-0.15, -0.1) is 0 Å². The van der Waals surface area contributed by atoms with Gasteiger partial charge in [0.1, 0.15) is 0 Å². The molecule has 110 valence electrons. The number of hydrogen-bond donors (Lipinski definition) is 1. The van der Waals surface area contributed by atoms with Crippen molar-refractivity contribution in [2.24, 2.45) is 11.8 Å². The first-order chi connectivity index (χ1) is 8.92. The fourth-order valence-corrected chi connectivity index (χ4v) is 3.22. The van der Waals surface area contributed by atoms with Gasteiger partial charge in [0, 0.05) is 6.04 Å². The predicted molar refractivity (Wildman–Crippen MR) is 78.7 cm³/mol. The minimum atomic E-state index is -0.355. The van der Waals surface area contributed by atoms with Gasteiger partial charge < -0.3 is 4.90 Å². The van der Waals surface area contributed by atoms with Gasteiger partial charge in [0.2, 0.25) is 5.91 Å². The highest BCUT2D eigenvalue weighted by Crippen LogP contribution is 2.38. The van der Waals surface area contributed by atoms with Crippen LogP contribution in [0.1, 0.15) is 66.7 Å². The van der Waals surface area contributed by atoms with E-state index in [0.29, 0.717) is 17.9 Å². The highest BCUT2D eigenvalue weighted by molar-refractivity contribution is 5.88. The lowest BCUT2D eigenvalue weighted by atomic mass is 9.98. The molecule has 0 aromatic heterocycles. The monoisotopic (exact) mass is 266 g/mol. The normalized spacial score (nSPS) is 33.3. The highest BCUT2D eigenvalue weighted by Gasteiger charge is 2.50. The van der Waals surface area contributed by atoms with E-state index in [1.165, 1.54) is 19.3 Å². The first-order valence-electron chi connectivity index (χ1n) is 8.03. The van der Waals surface area contributed by atoms with Gasteiger partial charge in [-0.2, -0.15) is 0 Å². The summed E-state index contributed by atoms with van der Waals surface area (Å²) in [7, 11) is 0. The van der Waals surface area contributed by atoms with E-state index < -0.39 is 0 Å². The fourth-order valence-electron chi connectivity index (χ4n) is 3.22. The zero-order valence-electron chi connectivity index (χ0n) is 13.2. The van der Waals surface area contributed by atoms with Gasteiger partial charge in [0.05, 0.1) is 11.7 Å². The van der Waals surface area contributed by atoms with Crippen molar-refractivity contribution in [2.75, 3.05) is 0 Å². The van der Waals surface area contributed by atoms with E-state index in [2.05, 4.69) is 44.8 Å². The Labute approximate surface area is 118 Å². The molecule has 1 aliphatic heterocycles. The molecule has 3 nitrogen and oxygen atoms in total. The number of carbonyl (C=O) groups is 1. The maximum absolute atomic E-state index is 12.8. The first-order valence-corrected chi connectivity index (χ1v) is 8.03. The van der Waals surface area contributed by atoms with Gasteiger partial charge in [-0.25, -0.2) is 0 Å². The van der Waals surface area contributed by atoms with Crippen molar-refractivity contribution < 1.29 is 4.79 Å². The van der Waals surface area contributed by atoms with E-state index >= 15 is 0 Å². The third-order valence-corrected chi connectivity index (χ3v) is 4.98. The summed E-state index contributed by atoms with van der Waals surface area (Å²) >= 11 is 0. The molecule has 1 saturated carbocycles. The van der Waals surface area contributed by atoms with Crippen LogP contribution in [0.15, 0.2) is 0 Å². The van der Waals surface area contributed by atoms with Gasteiger partial charge in [-0.3, -0.25) is 10.1 Å². The molecule has 3 heteroatoms. The Morgan fingerprint density at radius 1 is 1.37 bits per heavy atom. The van der Waals surface area contributed by atoms with E-state index in [1.807, 2.05) is 0 Å². The number of rotatable bonds is 6. The largest absolute Gasteiger partial charge is 0.322 e. The van der Waals surface area contributed by atoms with Crippen LogP contribution in [0.5, 0.6) is 0 Å². The lowest BCUT2D eigenvalue weighted by Crippen LogP contribution is -2.47. The molecule has 3 atom stereocenters. The topological polar surface area (TPSA) is 32.3 Å². The van der Waals surface area contributed by atoms with Crippen LogP contribution in [0.3, 0.4) is 0 Å². The Balaban J connectivity index is 2.19. The SMILES string of the molecule is CCC(CC1CC1)N1C(=O)C(C)(CC)NC1C(C)C. The summed E-state index contributed by atoms with van der Waals surface area (Å²) in [6.45, 7) is 10.8. The highest BCUT2D eigenvalue weighted by atomic mass is 16.2. The number of hydrogen-bond acceptors (Lipinski definition) is 2. The Morgan fingerprint density at radius 2 is 2.00 bits per heavy atom. The van der Waals surface area contributed by atoms with Crippen molar-refractivity contribution in [3.63, 3.8) is 0 Å². The maximum atomic E-state index is 12.8. The van der Waals surface area contributed by atoms with Crippen LogP contribution in [0, 0.1) is 11.8 Å². The Hall–Kier alpha value is -0.570. The van der Waals surface area contributed by atoms with E-state index in [4.69, 9.17) is 0 Å². The van der Waals surface area contributed by atoms with Crippen LogP contribution >= 0.6 is 0 Å². The summed E-state index contributed by atoms with van der Waals surface area (Å²) in [5.74, 6) is 1.66. The smallest absolute Gasteiger partial charge is 0.244 e. The minimum absolute atomic E-state index is 0.209. The van der Waals surface area contributed by atoms with Crippen LogP contribution < -0.4 is 5.32 Å². The summed E-state index contributed by atoms with van der Waals surface area (Å²) < 4.78 is 0. The molecule has 2 fully saturated rings. The average Bonchev–Trinajstić information content (AvgIpc) is 3.15. The quantitative estimate of drug-likeness (QED) is 0.801. The van der Waals surface area contributed by atoms with Gasteiger partial charge >= 0.3 is 0 Å². The van der Waals surface area contributed by atoms with E-state index in [1.54, 1.807) is 0 Å². The fraction of sp³-hybridized carbons (Fsp3) is 0.938. The molecule has 2 aliphatic rings. The zero-order valence-corrected chi connectivity index (χ0v) is 13.2. The molecule has 0 bridgehead atoms. The lowest BCUT2D eigenvalue weighted by molar-refractivity contribution is -0.136. The number of carbonyl (C=O) groups excluding carboxylic acids is 1. The zero-order chi connectivity index (χ0) is 14.2. The second-order valence-corrected chi connectivity index (χ2v) is 6.97. The summed E-state index contributed by atoms with van der Waals surface area (Å²) in [5, 5.41) is 3.60. The van der Waals surface area contributed by atoms with Crippen LogP contribution in [0.4, 0.5) is 0 Å². The average molecular weight is 266 g/mol. The number of nitrogens with one attached hydrogen (secondary N) is 1. The molecule has 1 amide bonds. The van der Waals surface area contributed by atoms with Crippen LogP contribution in [-0.4, -0.2) is 28.6 Å². The molecule has 1 heterocycles. The van der Waals surface area contributed by atoms with Crippen molar-refractivity contribution in [3.05, 3.63) is 0 Å². The van der Waals surface area contributed by atoms with Crippen LogP contribution in [-0.2, 0) is 4.79 Å². The third kappa shape index (κ3) is 2.81. The second kappa shape index (κ2) is 5.43. The van der Waals surface area contributed by atoms with Crippen molar-refractivity contribution >= 4 is 5.91 Å². The maximum Gasteiger partial charge on any atom is 0.244 e. The first kappa shape index (κ1) is 14.8. The Morgan fingerprint density at radius 3 is 2.42 bits per heavy atom. The molecular weight excluding hydrogens is 236 g/mol. The van der Waals surface area contributed by atoms with Crippen molar-refractivity contribution in [2.45, 2.75) is 84.5 Å². The molecular formula is C16H30N2O. The van der Waals surface area contributed by atoms with Gasteiger partial charge in [-0.1, -0.05) is 40.5 Å². The lowest BCUT2D eigenvalue weighted by Gasteiger charge is -2.34. The molecule has 0 aromatic rings. The number of nitrogens with zero attached hydrogens (tertiary/aromatic N) is 1. The molecule has 0 radical (unpaired) electrons. The van der Waals surface area contributed by atoms with E-state index in [9.17, 15) is 4.79 Å². The molecule has 1 saturated heterocycles. The molecule has 0 spiro atoms. The summed E-state index contributed by atoms with van der Waals surface area (Å²) in [6, 6.07) is 0.424. The van der Waals surface area contributed by atoms with Crippen LogP contribution in [0.25, 0.3) is 0 Å². The Bertz CT molecular complexity index is 338. The molecule has 0 aromatic carbocycles. The summed E-state index contributed by atoms with van der Waals surface area (Å²) in [5.41, 5.74) is -0.355. The van der Waals surface area contributed by atoms with Crippen molar-refractivity contribution in [1.29, 1.82) is 0 Å². The third-order valence-electron chi connectivity index (χ3n) is 4.98. The minimum Gasteiger partial charge on any atom is -0.322 e. The molecule has 2 rings (SSSR count). The standard InChI is InChI=1S/C16H30N2O/c1-6-13(10-12-8-9-12)18-14(11(3)4)17-16(5,7-2)15(18)19/h11-14,17H,6-10H2,1-5H3.